The van der Waals surface area contributed by atoms with Crippen molar-refractivity contribution >= 4 is 17.3 Å². The lowest BCUT2D eigenvalue weighted by Gasteiger charge is -2.27. The molecular formula is C18H17ClN4O. The highest BCUT2D eigenvalue weighted by atomic mass is 35.5. The van der Waals surface area contributed by atoms with E-state index >= 15 is 0 Å². The number of rotatable bonds is 4. The van der Waals surface area contributed by atoms with Crippen molar-refractivity contribution in [3.63, 3.8) is 0 Å². The molecule has 122 valence electrons. The Morgan fingerprint density at radius 3 is 2.83 bits per heavy atom. The zero-order chi connectivity index (χ0) is 16.5. The van der Waals surface area contributed by atoms with Crippen LogP contribution in [0.2, 0.25) is 5.02 Å². The van der Waals surface area contributed by atoms with Crippen LogP contribution in [0.1, 0.15) is 11.1 Å². The lowest BCUT2D eigenvalue weighted by molar-refractivity contribution is 0.262. The average molecular weight is 341 g/mol. The largest absolute Gasteiger partial charge is 0.394 e. The molecule has 1 aliphatic heterocycles. The smallest absolute Gasteiger partial charge is 0.138 e. The van der Waals surface area contributed by atoms with Crippen LogP contribution in [-0.2, 0) is 13.0 Å². The normalized spacial score (nSPS) is 16.4. The molecule has 1 atom stereocenters. The first-order valence-electron chi connectivity index (χ1n) is 7.85. The van der Waals surface area contributed by atoms with Gasteiger partial charge in [0.15, 0.2) is 0 Å². The topological polar surface area (TPSA) is 54.2 Å². The maximum Gasteiger partial charge on any atom is 0.138 e. The predicted molar refractivity (Wildman–Crippen MR) is 93.6 cm³/mol. The molecule has 0 bridgehead atoms. The van der Waals surface area contributed by atoms with Crippen molar-refractivity contribution in [2.45, 2.75) is 19.0 Å². The second-order valence-electron chi connectivity index (χ2n) is 5.91. The molecule has 4 rings (SSSR count). The first-order chi connectivity index (χ1) is 11.8. The summed E-state index contributed by atoms with van der Waals surface area (Å²) in [7, 11) is 0. The van der Waals surface area contributed by atoms with Crippen molar-refractivity contribution in [1.82, 2.24) is 14.8 Å². The summed E-state index contributed by atoms with van der Waals surface area (Å²) in [4.78, 5) is 6.27. The first kappa shape index (κ1) is 15.2. The number of fused-ring (bicyclic) bond motifs is 1. The molecular weight excluding hydrogens is 324 g/mol. The Hall–Kier alpha value is -2.37. The highest BCUT2D eigenvalue weighted by molar-refractivity contribution is 6.30. The Morgan fingerprint density at radius 2 is 2.04 bits per heavy atom. The van der Waals surface area contributed by atoms with Gasteiger partial charge in [0.2, 0.25) is 0 Å². The highest BCUT2D eigenvalue weighted by Gasteiger charge is 2.29. The van der Waals surface area contributed by atoms with Crippen LogP contribution in [0.4, 0.5) is 5.69 Å². The van der Waals surface area contributed by atoms with Gasteiger partial charge in [-0.2, -0.15) is 5.10 Å². The number of hydrogen-bond acceptors (Lipinski definition) is 4. The minimum Gasteiger partial charge on any atom is -0.394 e. The van der Waals surface area contributed by atoms with Crippen molar-refractivity contribution < 1.29 is 5.11 Å². The number of benzene rings is 2. The monoisotopic (exact) mass is 340 g/mol. The van der Waals surface area contributed by atoms with E-state index in [1.165, 1.54) is 17.6 Å². The Morgan fingerprint density at radius 1 is 1.17 bits per heavy atom. The van der Waals surface area contributed by atoms with E-state index in [0.717, 1.165) is 17.7 Å². The Labute approximate surface area is 145 Å². The van der Waals surface area contributed by atoms with E-state index in [4.69, 9.17) is 11.6 Å². The summed E-state index contributed by atoms with van der Waals surface area (Å²) >= 11 is 6.17. The van der Waals surface area contributed by atoms with Gasteiger partial charge in [0.1, 0.15) is 12.7 Å². The van der Waals surface area contributed by atoms with Crippen LogP contribution in [-0.4, -0.2) is 32.5 Å². The van der Waals surface area contributed by atoms with Crippen molar-refractivity contribution in [3.8, 4) is 5.69 Å². The number of aromatic nitrogens is 3. The molecule has 24 heavy (non-hydrogen) atoms. The molecule has 0 saturated heterocycles. The molecule has 0 fully saturated rings. The summed E-state index contributed by atoms with van der Waals surface area (Å²) in [6.45, 7) is 0.801. The van der Waals surface area contributed by atoms with Crippen LogP contribution in [0.15, 0.2) is 55.1 Å². The van der Waals surface area contributed by atoms with Gasteiger partial charge in [0, 0.05) is 17.3 Å². The molecule has 0 aliphatic carbocycles. The molecule has 2 heterocycles. The van der Waals surface area contributed by atoms with E-state index in [9.17, 15) is 5.11 Å². The van der Waals surface area contributed by atoms with Gasteiger partial charge < -0.3 is 10.0 Å². The standard InChI is InChI=1S/C18H17ClN4O/c19-15-6-5-14(18(8-15)23-12-20-11-21-23)9-22-16(10-24)7-13-3-1-2-4-17(13)22/h1-6,8,11-12,16,24H,7,9-10H2/t16-/m1/s1. The summed E-state index contributed by atoms with van der Waals surface area (Å²) in [5.41, 5.74) is 4.44. The van der Waals surface area contributed by atoms with E-state index in [-0.39, 0.29) is 12.6 Å². The fraction of sp³-hybridized carbons (Fsp3) is 0.222. The zero-order valence-corrected chi connectivity index (χ0v) is 13.8. The quantitative estimate of drug-likeness (QED) is 0.793. The van der Waals surface area contributed by atoms with E-state index in [1.807, 2.05) is 30.3 Å². The third-order valence-corrected chi connectivity index (χ3v) is 4.70. The summed E-state index contributed by atoms with van der Waals surface area (Å²) < 4.78 is 1.72. The minimum absolute atomic E-state index is 0.0849. The Bertz CT molecular complexity index is 850. The predicted octanol–water partition coefficient (Wildman–Crippen LogP) is 2.84. The molecule has 6 heteroatoms. The fourth-order valence-corrected chi connectivity index (χ4v) is 3.47. The van der Waals surface area contributed by atoms with Crippen LogP contribution >= 0.6 is 11.6 Å². The molecule has 1 N–H and O–H groups in total. The van der Waals surface area contributed by atoms with Crippen LogP contribution in [0.5, 0.6) is 0 Å². The number of nitrogens with zero attached hydrogens (tertiary/aromatic N) is 4. The Kier molecular flexibility index (Phi) is 3.96. The molecule has 3 aromatic rings. The number of aliphatic hydroxyl groups is 1. The molecule has 0 unspecified atom stereocenters. The molecule has 5 nitrogen and oxygen atoms in total. The fourth-order valence-electron chi connectivity index (χ4n) is 3.30. The summed E-state index contributed by atoms with van der Waals surface area (Å²) in [6.07, 6.45) is 4.03. The van der Waals surface area contributed by atoms with Crippen molar-refractivity contribution in [2.75, 3.05) is 11.5 Å². The number of anilines is 1. The lowest BCUT2D eigenvalue weighted by Crippen LogP contribution is -2.34. The van der Waals surface area contributed by atoms with Crippen LogP contribution < -0.4 is 4.90 Å². The van der Waals surface area contributed by atoms with Crippen LogP contribution in [0.3, 0.4) is 0 Å². The van der Waals surface area contributed by atoms with Crippen molar-refractivity contribution in [2.24, 2.45) is 0 Å². The molecule has 0 radical (unpaired) electrons. The molecule has 1 aliphatic rings. The van der Waals surface area contributed by atoms with Gasteiger partial charge in [0.05, 0.1) is 18.3 Å². The van der Waals surface area contributed by atoms with Gasteiger partial charge in [-0.1, -0.05) is 35.9 Å². The van der Waals surface area contributed by atoms with E-state index < -0.39 is 0 Å². The van der Waals surface area contributed by atoms with Gasteiger partial charge in [-0.15, -0.1) is 0 Å². The van der Waals surface area contributed by atoms with Crippen molar-refractivity contribution in [1.29, 1.82) is 0 Å². The zero-order valence-electron chi connectivity index (χ0n) is 13.0. The van der Waals surface area contributed by atoms with Gasteiger partial charge >= 0.3 is 0 Å². The average Bonchev–Trinajstić information content (AvgIpc) is 3.24. The maximum absolute atomic E-state index is 9.79. The second kappa shape index (κ2) is 6.26. The number of hydrogen-bond donors (Lipinski definition) is 1. The third kappa shape index (κ3) is 2.66. The van der Waals surface area contributed by atoms with E-state index in [2.05, 4.69) is 27.1 Å². The highest BCUT2D eigenvalue weighted by Crippen LogP contribution is 2.34. The first-order valence-corrected chi connectivity index (χ1v) is 8.23. The van der Waals surface area contributed by atoms with E-state index in [1.54, 1.807) is 11.0 Å². The number of aliphatic hydroxyl groups excluding tert-OH is 1. The summed E-state index contributed by atoms with van der Waals surface area (Å²) in [5.74, 6) is 0. The molecule has 0 spiro atoms. The SMILES string of the molecule is OC[C@H]1Cc2ccccc2N1Cc1ccc(Cl)cc1-n1cncn1. The molecule has 0 saturated carbocycles. The van der Waals surface area contributed by atoms with E-state index in [0.29, 0.717) is 11.6 Å². The second-order valence-corrected chi connectivity index (χ2v) is 6.35. The van der Waals surface area contributed by atoms with Crippen LogP contribution in [0.25, 0.3) is 5.69 Å². The lowest BCUT2D eigenvalue weighted by atomic mass is 10.1. The summed E-state index contributed by atoms with van der Waals surface area (Å²) in [5, 5.41) is 14.7. The summed E-state index contributed by atoms with van der Waals surface area (Å²) in [6, 6.07) is 14.2. The Balaban J connectivity index is 1.73. The maximum atomic E-state index is 9.79. The minimum atomic E-state index is 0.0849. The van der Waals surface area contributed by atoms with Crippen LogP contribution in [0, 0.1) is 0 Å². The molecule has 1 aromatic heterocycles. The molecule has 0 amide bonds. The van der Waals surface area contributed by atoms with Gasteiger partial charge in [-0.05, 0) is 35.7 Å². The number of para-hydroxylation sites is 1. The van der Waals surface area contributed by atoms with Gasteiger partial charge in [-0.3, -0.25) is 0 Å². The van der Waals surface area contributed by atoms with Crippen molar-refractivity contribution in [3.05, 3.63) is 71.3 Å². The third-order valence-electron chi connectivity index (χ3n) is 4.46. The van der Waals surface area contributed by atoms with Gasteiger partial charge in [0.25, 0.3) is 0 Å². The molecule has 2 aromatic carbocycles. The van der Waals surface area contributed by atoms with Gasteiger partial charge in [-0.25, -0.2) is 9.67 Å². The number of halogens is 1.